The highest BCUT2D eigenvalue weighted by Crippen LogP contribution is 2.22. The summed E-state index contributed by atoms with van der Waals surface area (Å²) in [4.78, 5) is 17.5. The minimum Gasteiger partial charge on any atom is -0.266 e. The molecule has 0 atom stereocenters. The van der Waals surface area contributed by atoms with Gasteiger partial charge in [0.25, 0.3) is 5.56 Å². The Hall–Kier alpha value is -1.92. The van der Waals surface area contributed by atoms with E-state index >= 15 is 0 Å². The van der Waals surface area contributed by atoms with Crippen molar-refractivity contribution < 1.29 is 0 Å². The van der Waals surface area contributed by atoms with Crippen LogP contribution in [0.1, 0.15) is 5.56 Å². The molecule has 0 spiro atoms. The van der Waals surface area contributed by atoms with Gasteiger partial charge >= 0.3 is 0 Å². The molecular formula is C17H8Cl3N3OS. The summed E-state index contributed by atoms with van der Waals surface area (Å²) in [6.07, 6.45) is 1.71. The van der Waals surface area contributed by atoms with Crippen molar-refractivity contribution in [2.75, 3.05) is 0 Å². The van der Waals surface area contributed by atoms with Crippen molar-refractivity contribution in [3.63, 3.8) is 0 Å². The summed E-state index contributed by atoms with van der Waals surface area (Å²) in [6.45, 7) is 0. The van der Waals surface area contributed by atoms with Crippen LogP contribution in [0.3, 0.4) is 0 Å². The highest BCUT2D eigenvalue weighted by molar-refractivity contribution is 7.15. The molecule has 0 saturated carbocycles. The number of hydrogen-bond donors (Lipinski definition) is 0. The van der Waals surface area contributed by atoms with Crippen LogP contribution >= 0.6 is 46.1 Å². The summed E-state index contributed by atoms with van der Waals surface area (Å²) in [5, 5.41) is 5.90. The number of halogens is 3. The van der Waals surface area contributed by atoms with Crippen molar-refractivity contribution in [1.29, 1.82) is 0 Å². The summed E-state index contributed by atoms with van der Waals surface area (Å²) in [5.74, 6) is 0.460. The van der Waals surface area contributed by atoms with Gasteiger partial charge in [0, 0.05) is 20.6 Å². The smallest absolute Gasteiger partial charge is 0.266 e. The van der Waals surface area contributed by atoms with Crippen LogP contribution in [-0.4, -0.2) is 14.6 Å². The summed E-state index contributed by atoms with van der Waals surface area (Å²) < 4.78 is 1.79. The van der Waals surface area contributed by atoms with E-state index in [1.54, 1.807) is 36.4 Å². The molecule has 4 nitrogen and oxygen atoms in total. The van der Waals surface area contributed by atoms with Crippen LogP contribution in [0.5, 0.6) is 0 Å². The van der Waals surface area contributed by atoms with E-state index in [0.29, 0.717) is 35.9 Å². The highest BCUT2D eigenvalue weighted by Gasteiger charge is 2.12. The van der Waals surface area contributed by atoms with Gasteiger partial charge < -0.3 is 0 Å². The Labute approximate surface area is 160 Å². The maximum absolute atomic E-state index is 12.6. The van der Waals surface area contributed by atoms with Crippen LogP contribution < -0.4 is 10.1 Å². The Morgan fingerprint density at radius 3 is 2.56 bits per heavy atom. The molecule has 25 heavy (non-hydrogen) atoms. The van der Waals surface area contributed by atoms with Crippen LogP contribution in [-0.2, 0) is 0 Å². The molecule has 8 heteroatoms. The lowest BCUT2D eigenvalue weighted by atomic mass is 10.2. The second kappa shape index (κ2) is 6.42. The number of thiazole rings is 1. The quantitative estimate of drug-likeness (QED) is 0.496. The molecule has 2 aromatic heterocycles. The fraction of sp³-hybridized carbons (Fsp3) is 0. The monoisotopic (exact) mass is 407 g/mol. The molecule has 0 aliphatic rings. The van der Waals surface area contributed by atoms with E-state index < -0.39 is 0 Å². The fourth-order valence-corrected chi connectivity index (χ4v) is 3.90. The second-order valence-electron chi connectivity index (χ2n) is 5.22. The first-order valence-electron chi connectivity index (χ1n) is 7.13. The van der Waals surface area contributed by atoms with Gasteiger partial charge in [-0.05, 0) is 35.9 Å². The van der Waals surface area contributed by atoms with Crippen molar-refractivity contribution in [2.45, 2.75) is 0 Å². The number of rotatable bonds is 2. The SMILES string of the molecule is O=c1/c(=C/c2ccc(Cl)cc2Cl)sc2nc(-c3cccc(Cl)c3)nn12. The number of hydrogen-bond acceptors (Lipinski definition) is 4. The van der Waals surface area contributed by atoms with Crippen molar-refractivity contribution in [3.8, 4) is 11.4 Å². The maximum Gasteiger partial charge on any atom is 0.291 e. The molecular weight excluding hydrogens is 401 g/mol. The van der Waals surface area contributed by atoms with Crippen LogP contribution in [0.4, 0.5) is 0 Å². The van der Waals surface area contributed by atoms with Gasteiger partial charge in [-0.25, -0.2) is 0 Å². The Balaban J connectivity index is 1.83. The minimum absolute atomic E-state index is 0.244. The number of fused-ring (bicyclic) bond motifs is 1. The largest absolute Gasteiger partial charge is 0.291 e. The predicted molar refractivity (Wildman–Crippen MR) is 103 cm³/mol. The molecule has 0 aliphatic heterocycles. The van der Waals surface area contributed by atoms with E-state index in [1.165, 1.54) is 15.9 Å². The zero-order chi connectivity index (χ0) is 17.6. The Kier molecular flexibility index (Phi) is 4.25. The average molecular weight is 409 g/mol. The van der Waals surface area contributed by atoms with Crippen LogP contribution in [0.25, 0.3) is 22.4 Å². The molecule has 0 N–H and O–H groups in total. The fourth-order valence-electron chi connectivity index (χ4n) is 2.34. The topological polar surface area (TPSA) is 47.3 Å². The van der Waals surface area contributed by atoms with E-state index in [9.17, 15) is 4.79 Å². The third kappa shape index (κ3) is 3.16. The average Bonchev–Trinajstić information content (AvgIpc) is 3.10. The van der Waals surface area contributed by atoms with Crippen LogP contribution in [0.2, 0.25) is 15.1 Å². The third-order valence-electron chi connectivity index (χ3n) is 3.51. The summed E-state index contributed by atoms with van der Waals surface area (Å²) >= 11 is 19.3. The third-order valence-corrected chi connectivity index (χ3v) is 5.27. The van der Waals surface area contributed by atoms with E-state index in [2.05, 4.69) is 10.1 Å². The molecule has 2 heterocycles. The molecule has 4 aromatic rings. The maximum atomic E-state index is 12.6. The normalized spacial score (nSPS) is 12.2. The van der Waals surface area contributed by atoms with Gasteiger partial charge in [-0.15, -0.1) is 5.10 Å². The van der Waals surface area contributed by atoms with E-state index in [4.69, 9.17) is 34.8 Å². The lowest BCUT2D eigenvalue weighted by molar-refractivity contribution is 0.937. The van der Waals surface area contributed by atoms with Gasteiger partial charge in [0.1, 0.15) is 0 Å². The highest BCUT2D eigenvalue weighted by atomic mass is 35.5. The van der Waals surface area contributed by atoms with Gasteiger partial charge in [0.2, 0.25) is 4.96 Å². The number of nitrogens with zero attached hydrogens (tertiary/aromatic N) is 3. The Bertz CT molecular complexity index is 1220. The van der Waals surface area contributed by atoms with Crippen molar-refractivity contribution in [2.24, 2.45) is 0 Å². The first-order chi connectivity index (χ1) is 12.0. The van der Waals surface area contributed by atoms with Gasteiger partial charge in [-0.3, -0.25) is 4.79 Å². The van der Waals surface area contributed by atoms with E-state index in [0.717, 1.165) is 5.56 Å². The lowest BCUT2D eigenvalue weighted by Gasteiger charge is -1.97. The number of aromatic nitrogens is 3. The Morgan fingerprint density at radius 2 is 1.84 bits per heavy atom. The predicted octanol–water partition coefficient (Wildman–Crippen LogP) is 4.33. The molecule has 0 bridgehead atoms. The molecule has 0 fully saturated rings. The zero-order valence-electron chi connectivity index (χ0n) is 12.4. The first kappa shape index (κ1) is 16.5. The summed E-state index contributed by atoms with van der Waals surface area (Å²) in [6, 6.07) is 12.3. The molecule has 0 unspecified atom stereocenters. The van der Waals surface area contributed by atoms with E-state index in [1.807, 2.05) is 12.1 Å². The van der Waals surface area contributed by atoms with E-state index in [-0.39, 0.29) is 5.56 Å². The molecule has 0 radical (unpaired) electrons. The Morgan fingerprint density at radius 1 is 1.04 bits per heavy atom. The zero-order valence-corrected chi connectivity index (χ0v) is 15.5. The molecule has 4 rings (SSSR count). The summed E-state index contributed by atoms with van der Waals surface area (Å²) in [5.41, 5.74) is 1.23. The molecule has 0 aliphatic carbocycles. The standard InChI is InChI=1S/C17H8Cl3N3OS/c18-11-3-1-2-10(6-11)15-21-17-23(22-15)16(24)14(25-17)7-9-4-5-12(19)8-13(9)20/h1-8H/b14-7-. The minimum atomic E-state index is -0.244. The summed E-state index contributed by atoms with van der Waals surface area (Å²) in [7, 11) is 0. The van der Waals surface area contributed by atoms with Crippen LogP contribution in [0.15, 0.2) is 47.3 Å². The first-order valence-corrected chi connectivity index (χ1v) is 9.08. The van der Waals surface area contributed by atoms with Crippen molar-refractivity contribution in [1.82, 2.24) is 14.6 Å². The van der Waals surface area contributed by atoms with Crippen molar-refractivity contribution >= 4 is 57.2 Å². The molecule has 0 amide bonds. The van der Waals surface area contributed by atoms with Crippen molar-refractivity contribution in [3.05, 3.63) is 78.0 Å². The van der Waals surface area contributed by atoms with Gasteiger partial charge in [-0.2, -0.15) is 9.50 Å². The lowest BCUT2D eigenvalue weighted by Crippen LogP contribution is -2.23. The van der Waals surface area contributed by atoms with Gasteiger partial charge in [-0.1, -0.05) is 64.3 Å². The van der Waals surface area contributed by atoms with Crippen LogP contribution in [0, 0.1) is 0 Å². The second-order valence-corrected chi connectivity index (χ2v) is 7.51. The molecule has 124 valence electrons. The number of benzene rings is 2. The molecule has 0 saturated heterocycles. The molecule has 2 aromatic carbocycles. The van der Waals surface area contributed by atoms with Gasteiger partial charge in [0.15, 0.2) is 5.82 Å². The van der Waals surface area contributed by atoms with Gasteiger partial charge in [0.05, 0.1) is 4.53 Å².